The topological polar surface area (TPSA) is 169 Å². The average molecular weight is 1000 g/mol. The Hall–Kier alpha value is -3.34. The summed E-state index contributed by atoms with van der Waals surface area (Å²) >= 11 is 0. The van der Waals surface area contributed by atoms with Gasteiger partial charge in [-0.3, -0.25) is 18.6 Å². The van der Waals surface area contributed by atoms with E-state index >= 15 is 0 Å². The molecule has 3 atom stereocenters. The number of ether oxygens (including phenoxy) is 1. The molecule has 3 unspecified atom stereocenters. The standard InChI is InChI=1S/C58H100NO10P/c1-3-5-7-9-11-13-15-17-19-21-23-25-27-29-31-33-35-37-39-41-43-45-47-49-56(61)59-55(58(63)64)53-69-70(65,66)68-52-54(60)51-67-57(62)50-48-46-44-42-40-38-36-34-32-30-28-26-24-22-20-18-16-14-12-10-8-6-4-2/h5,7,11,13,17,19,23,25,29,31,35,37,41,43,54-55,60H,3-4,6,8-10,12,14-16,18,20-22,24,26-28,30,32-34,36,38-40,42,44-53H2,1-2H3,(H,59,61)(H,63,64)(H,65,66)/b7-5-,13-11-,19-17-,25-23-,31-29-,37-35-,43-41-. The van der Waals surface area contributed by atoms with Crippen LogP contribution in [0.25, 0.3) is 0 Å². The minimum Gasteiger partial charge on any atom is -0.480 e. The second-order valence-corrected chi connectivity index (χ2v) is 19.9. The normalized spacial score (nSPS) is 14.1. The summed E-state index contributed by atoms with van der Waals surface area (Å²) in [6.45, 7) is 2.48. The number of carboxylic acids is 1. The molecule has 0 radical (unpaired) electrons. The number of hydrogen-bond donors (Lipinski definition) is 4. The Balaban J connectivity index is 3.88. The highest BCUT2D eigenvalue weighted by molar-refractivity contribution is 7.47. The number of unbranched alkanes of at least 4 members (excludes halogenated alkanes) is 23. The van der Waals surface area contributed by atoms with Crippen LogP contribution in [0.3, 0.4) is 0 Å². The number of hydrogen-bond acceptors (Lipinski definition) is 8. The number of nitrogens with one attached hydrogen (secondary N) is 1. The van der Waals surface area contributed by atoms with Crippen LogP contribution in [0.15, 0.2) is 85.1 Å². The zero-order valence-electron chi connectivity index (χ0n) is 44.0. The number of carboxylic acid groups (broad SMARTS) is 1. The van der Waals surface area contributed by atoms with Crippen LogP contribution in [0.2, 0.25) is 0 Å². The molecule has 0 heterocycles. The number of aliphatic hydroxyl groups is 1. The van der Waals surface area contributed by atoms with Crippen molar-refractivity contribution in [3.8, 4) is 0 Å². The quantitative estimate of drug-likeness (QED) is 0.0199. The average Bonchev–Trinajstić information content (AvgIpc) is 3.34. The number of amides is 1. The van der Waals surface area contributed by atoms with E-state index in [1.807, 2.05) is 12.2 Å². The van der Waals surface area contributed by atoms with Crippen molar-refractivity contribution >= 4 is 25.7 Å². The first-order valence-electron chi connectivity index (χ1n) is 27.6. The molecule has 0 aliphatic heterocycles. The van der Waals surface area contributed by atoms with Crippen LogP contribution < -0.4 is 5.32 Å². The van der Waals surface area contributed by atoms with Gasteiger partial charge in [-0.15, -0.1) is 0 Å². The Morgan fingerprint density at radius 1 is 0.471 bits per heavy atom. The molecule has 0 aromatic rings. The minimum absolute atomic E-state index is 0.0614. The minimum atomic E-state index is -4.79. The van der Waals surface area contributed by atoms with E-state index in [4.69, 9.17) is 13.8 Å². The largest absolute Gasteiger partial charge is 0.480 e. The van der Waals surface area contributed by atoms with Crippen molar-refractivity contribution in [3.63, 3.8) is 0 Å². The number of carbonyl (C=O) groups is 3. The first-order valence-corrected chi connectivity index (χ1v) is 29.1. The molecule has 1 amide bonds. The first kappa shape index (κ1) is 66.7. The molecule has 0 bridgehead atoms. The van der Waals surface area contributed by atoms with Crippen molar-refractivity contribution in [2.24, 2.45) is 0 Å². The smallest absolute Gasteiger partial charge is 0.472 e. The van der Waals surface area contributed by atoms with E-state index in [0.717, 1.165) is 64.2 Å². The molecule has 0 aliphatic carbocycles. The van der Waals surface area contributed by atoms with E-state index in [2.05, 4.69) is 92.1 Å². The fraction of sp³-hybridized carbons (Fsp3) is 0.707. The zero-order valence-corrected chi connectivity index (χ0v) is 44.9. The molecule has 402 valence electrons. The molecule has 0 fully saturated rings. The summed E-state index contributed by atoms with van der Waals surface area (Å²) in [4.78, 5) is 46.2. The lowest BCUT2D eigenvalue weighted by Gasteiger charge is -2.18. The Morgan fingerprint density at radius 2 is 0.829 bits per heavy atom. The Labute approximate surface area is 426 Å². The lowest BCUT2D eigenvalue weighted by atomic mass is 10.0. The summed E-state index contributed by atoms with van der Waals surface area (Å²) in [5.41, 5.74) is 0. The third kappa shape index (κ3) is 51.0. The SMILES string of the molecule is CC/C=C\C/C=C\C/C=C\C/C=C\C/C=C\C/C=C\C/C=C\CCCC(=O)NC(COP(=O)(O)OCC(O)COC(=O)CCCCCCCCCCCCCCCCCCCCCCCCC)C(=O)O. The van der Waals surface area contributed by atoms with E-state index < -0.39 is 57.6 Å². The van der Waals surface area contributed by atoms with Crippen molar-refractivity contribution in [3.05, 3.63) is 85.1 Å². The third-order valence-corrected chi connectivity index (χ3v) is 12.6. The van der Waals surface area contributed by atoms with Gasteiger partial charge in [0, 0.05) is 12.8 Å². The molecule has 0 aromatic heterocycles. The molecule has 0 saturated carbocycles. The molecule has 4 N–H and O–H groups in total. The van der Waals surface area contributed by atoms with Crippen molar-refractivity contribution in [1.29, 1.82) is 0 Å². The Kier molecular flexibility index (Phi) is 49.5. The highest BCUT2D eigenvalue weighted by Gasteiger charge is 2.28. The third-order valence-electron chi connectivity index (χ3n) is 11.7. The van der Waals surface area contributed by atoms with Crippen LogP contribution in [-0.2, 0) is 32.7 Å². The molecular formula is C58H100NO10P. The van der Waals surface area contributed by atoms with E-state index in [9.17, 15) is 34.1 Å². The molecule has 70 heavy (non-hydrogen) atoms. The summed E-state index contributed by atoms with van der Waals surface area (Å²) < 4.78 is 27.0. The maximum atomic E-state index is 12.4. The molecular weight excluding hydrogens is 902 g/mol. The van der Waals surface area contributed by atoms with E-state index in [0.29, 0.717) is 19.3 Å². The van der Waals surface area contributed by atoms with Crippen LogP contribution in [0, 0.1) is 0 Å². The number of aliphatic carboxylic acids is 1. The van der Waals surface area contributed by atoms with Gasteiger partial charge < -0.3 is 25.2 Å². The molecule has 0 saturated heterocycles. The van der Waals surface area contributed by atoms with E-state index in [-0.39, 0.29) is 12.8 Å². The number of esters is 1. The Bertz CT molecular complexity index is 1500. The van der Waals surface area contributed by atoms with Gasteiger partial charge in [-0.05, 0) is 64.2 Å². The van der Waals surface area contributed by atoms with Crippen LogP contribution in [0.5, 0.6) is 0 Å². The van der Waals surface area contributed by atoms with Crippen LogP contribution in [-0.4, -0.2) is 64.9 Å². The van der Waals surface area contributed by atoms with Gasteiger partial charge in [-0.25, -0.2) is 9.36 Å². The van der Waals surface area contributed by atoms with Gasteiger partial charge in [0.25, 0.3) is 0 Å². The van der Waals surface area contributed by atoms with Gasteiger partial charge in [0.15, 0.2) is 6.04 Å². The number of carbonyl (C=O) groups excluding carboxylic acids is 2. The highest BCUT2D eigenvalue weighted by Crippen LogP contribution is 2.43. The second-order valence-electron chi connectivity index (χ2n) is 18.4. The summed E-state index contributed by atoms with van der Waals surface area (Å²) in [5, 5.41) is 21.9. The lowest BCUT2D eigenvalue weighted by Crippen LogP contribution is -2.43. The van der Waals surface area contributed by atoms with Crippen molar-refractivity contribution in [2.75, 3.05) is 19.8 Å². The number of allylic oxidation sites excluding steroid dienone is 14. The van der Waals surface area contributed by atoms with Gasteiger partial charge >= 0.3 is 19.8 Å². The predicted octanol–water partition coefficient (Wildman–Crippen LogP) is 15.8. The van der Waals surface area contributed by atoms with Crippen LogP contribution >= 0.6 is 7.82 Å². The summed E-state index contributed by atoms with van der Waals surface area (Å²) in [6, 6.07) is -1.58. The highest BCUT2D eigenvalue weighted by atomic mass is 31.2. The van der Waals surface area contributed by atoms with Gasteiger partial charge in [-0.2, -0.15) is 0 Å². The van der Waals surface area contributed by atoms with Gasteiger partial charge in [0.1, 0.15) is 12.7 Å². The van der Waals surface area contributed by atoms with Crippen LogP contribution in [0.1, 0.15) is 232 Å². The van der Waals surface area contributed by atoms with E-state index in [1.54, 1.807) is 0 Å². The molecule has 11 nitrogen and oxygen atoms in total. The fourth-order valence-corrected chi connectivity index (χ4v) is 8.26. The second kappa shape index (κ2) is 52.0. The number of rotatable bonds is 51. The van der Waals surface area contributed by atoms with Gasteiger partial charge in [0.05, 0.1) is 13.2 Å². The molecule has 0 aliphatic rings. The van der Waals surface area contributed by atoms with Crippen LogP contribution in [0.4, 0.5) is 0 Å². The molecule has 0 spiro atoms. The van der Waals surface area contributed by atoms with Crippen molar-refractivity contribution < 1.29 is 47.8 Å². The molecule has 0 aromatic carbocycles. The van der Waals surface area contributed by atoms with Crippen molar-refractivity contribution in [1.82, 2.24) is 5.32 Å². The lowest BCUT2D eigenvalue weighted by molar-refractivity contribution is -0.147. The maximum Gasteiger partial charge on any atom is 0.472 e. The maximum absolute atomic E-state index is 12.4. The number of phosphoric acid groups is 1. The molecule has 12 heteroatoms. The monoisotopic (exact) mass is 1000 g/mol. The summed E-state index contributed by atoms with van der Waals surface area (Å²) in [7, 11) is -4.79. The predicted molar refractivity (Wildman–Crippen MR) is 291 cm³/mol. The van der Waals surface area contributed by atoms with Gasteiger partial charge in [0.2, 0.25) is 5.91 Å². The number of aliphatic hydroxyl groups excluding tert-OH is 1. The zero-order chi connectivity index (χ0) is 51.3. The fourth-order valence-electron chi connectivity index (χ4n) is 7.48. The van der Waals surface area contributed by atoms with E-state index in [1.165, 1.54) is 122 Å². The summed E-state index contributed by atoms with van der Waals surface area (Å²) in [6.07, 6.45) is 66.2. The van der Waals surface area contributed by atoms with Gasteiger partial charge in [-0.1, -0.05) is 240 Å². The van der Waals surface area contributed by atoms with Crippen molar-refractivity contribution in [2.45, 2.75) is 244 Å². The molecule has 0 rings (SSSR count). The first-order chi connectivity index (χ1) is 34.1. The Morgan fingerprint density at radius 3 is 1.21 bits per heavy atom. The number of phosphoric ester groups is 1. The summed E-state index contributed by atoms with van der Waals surface area (Å²) in [5.74, 6) is -2.46.